The van der Waals surface area contributed by atoms with Crippen LogP contribution < -0.4 is 5.32 Å². The van der Waals surface area contributed by atoms with E-state index in [4.69, 9.17) is 0 Å². The monoisotopic (exact) mass is 260 g/mol. The maximum absolute atomic E-state index is 12.4. The zero-order valence-electron chi connectivity index (χ0n) is 12.1. The van der Waals surface area contributed by atoms with Gasteiger partial charge in [-0.1, -0.05) is 44.5 Å². The van der Waals surface area contributed by atoms with E-state index >= 15 is 0 Å². The first-order valence-electron chi connectivity index (χ1n) is 7.17. The van der Waals surface area contributed by atoms with Crippen molar-refractivity contribution in [3.8, 4) is 0 Å². The van der Waals surface area contributed by atoms with Crippen molar-refractivity contribution >= 4 is 5.91 Å². The Hall–Kier alpha value is -1.35. The summed E-state index contributed by atoms with van der Waals surface area (Å²) in [6.45, 7) is 5.99. The zero-order chi connectivity index (χ0) is 13.8. The van der Waals surface area contributed by atoms with Gasteiger partial charge in [0.15, 0.2) is 0 Å². The van der Waals surface area contributed by atoms with Gasteiger partial charge in [-0.25, -0.2) is 0 Å². The fourth-order valence-electron chi connectivity index (χ4n) is 2.58. The Morgan fingerprint density at radius 3 is 2.79 bits per heavy atom. The topological polar surface area (TPSA) is 32.3 Å². The quantitative estimate of drug-likeness (QED) is 0.900. The zero-order valence-corrected chi connectivity index (χ0v) is 12.1. The van der Waals surface area contributed by atoms with Crippen LogP contribution in [0.15, 0.2) is 24.3 Å². The molecule has 1 aliphatic rings. The molecule has 0 spiro atoms. The van der Waals surface area contributed by atoms with Crippen LogP contribution in [0, 0.1) is 5.92 Å². The molecular weight excluding hydrogens is 236 g/mol. The lowest BCUT2D eigenvalue weighted by atomic mass is 9.95. The molecule has 0 radical (unpaired) electrons. The molecule has 1 amide bonds. The van der Waals surface area contributed by atoms with Crippen LogP contribution in [-0.2, 0) is 17.8 Å². The molecule has 104 valence electrons. The van der Waals surface area contributed by atoms with E-state index in [1.807, 2.05) is 11.9 Å². The number of hydrogen-bond acceptors (Lipinski definition) is 2. The lowest BCUT2D eigenvalue weighted by Crippen LogP contribution is -2.49. The van der Waals surface area contributed by atoms with Crippen molar-refractivity contribution in [1.82, 2.24) is 10.2 Å². The van der Waals surface area contributed by atoms with E-state index in [-0.39, 0.29) is 11.9 Å². The molecule has 0 bridgehead atoms. The molecule has 1 aromatic carbocycles. The summed E-state index contributed by atoms with van der Waals surface area (Å²) < 4.78 is 0. The summed E-state index contributed by atoms with van der Waals surface area (Å²) >= 11 is 0. The van der Waals surface area contributed by atoms with Gasteiger partial charge in [0, 0.05) is 20.1 Å². The molecule has 3 nitrogen and oxygen atoms in total. The molecule has 0 aliphatic carbocycles. The van der Waals surface area contributed by atoms with E-state index in [9.17, 15) is 4.79 Å². The van der Waals surface area contributed by atoms with E-state index in [1.165, 1.54) is 11.1 Å². The number of benzene rings is 1. The van der Waals surface area contributed by atoms with Gasteiger partial charge in [0.05, 0.1) is 6.04 Å². The number of fused-ring (bicyclic) bond motifs is 1. The molecule has 19 heavy (non-hydrogen) atoms. The molecule has 3 heteroatoms. The third-order valence-corrected chi connectivity index (χ3v) is 4.04. The molecule has 1 N–H and O–H groups in total. The third kappa shape index (κ3) is 3.35. The van der Waals surface area contributed by atoms with Crippen LogP contribution in [0.1, 0.15) is 31.4 Å². The molecule has 2 atom stereocenters. The highest BCUT2D eigenvalue weighted by Gasteiger charge is 2.26. The Bertz CT molecular complexity index is 444. The van der Waals surface area contributed by atoms with Crippen molar-refractivity contribution < 1.29 is 4.79 Å². The Morgan fingerprint density at radius 1 is 1.42 bits per heavy atom. The van der Waals surface area contributed by atoms with Crippen molar-refractivity contribution in [2.45, 2.75) is 39.3 Å². The van der Waals surface area contributed by atoms with Crippen molar-refractivity contribution in [3.63, 3.8) is 0 Å². The van der Waals surface area contributed by atoms with Gasteiger partial charge in [0.1, 0.15) is 0 Å². The fraction of sp³-hybridized carbons (Fsp3) is 0.562. The van der Waals surface area contributed by atoms with Crippen molar-refractivity contribution in [3.05, 3.63) is 35.4 Å². The van der Waals surface area contributed by atoms with E-state index in [0.29, 0.717) is 5.92 Å². The standard InChI is InChI=1S/C16H24N2O/c1-4-12(2)11-18(3)16(19)15-9-13-7-5-6-8-14(13)10-17-15/h5-8,12,15,17H,4,9-11H2,1-3H3. The second-order valence-corrected chi connectivity index (χ2v) is 5.64. The Labute approximate surface area is 116 Å². The minimum absolute atomic E-state index is 0.0658. The summed E-state index contributed by atoms with van der Waals surface area (Å²) in [5.74, 6) is 0.777. The first-order chi connectivity index (χ1) is 9.11. The van der Waals surface area contributed by atoms with Gasteiger partial charge < -0.3 is 10.2 Å². The van der Waals surface area contributed by atoms with E-state index in [1.54, 1.807) is 0 Å². The van der Waals surface area contributed by atoms with Crippen LogP contribution in [0.25, 0.3) is 0 Å². The van der Waals surface area contributed by atoms with Crippen molar-refractivity contribution in [2.24, 2.45) is 5.92 Å². The van der Waals surface area contributed by atoms with Gasteiger partial charge in [-0.3, -0.25) is 4.79 Å². The number of rotatable bonds is 4. The smallest absolute Gasteiger partial charge is 0.239 e. The lowest BCUT2D eigenvalue weighted by molar-refractivity contribution is -0.132. The first kappa shape index (κ1) is 14.1. The van der Waals surface area contributed by atoms with Gasteiger partial charge in [-0.15, -0.1) is 0 Å². The van der Waals surface area contributed by atoms with Crippen LogP contribution in [0.3, 0.4) is 0 Å². The maximum atomic E-state index is 12.4. The van der Waals surface area contributed by atoms with Crippen LogP contribution in [0.2, 0.25) is 0 Å². The van der Waals surface area contributed by atoms with Gasteiger partial charge >= 0.3 is 0 Å². The maximum Gasteiger partial charge on any atom is 0.239 e. The first-order valence-corrected chi connectivity index (χ1v) is 7.17. The minimum Gasteiger partial charge on any atom is -0.344 e. The third-order valence-electron chi connectivity index (χ3n) is 4.04. The van der Waals surface area contributed by atoms with Crippen molar-refractivity contribution in [2.75, 3.05) is 13.6 Å². The number of likely N-dealkylation sites (N-methyl/N-ethyl adjacent to an activating group) is 1. The second-order valence-electron chi connectivity index (χ2n) is 5.64. The average Bonchev–Trinajstić information content (AvgIpc) is 2.45. The predicted octanol–water partition coefficient (Wildman–Crippen LogP) is 2.21. The minimum atomic E-state index is -0.0658. The largest absolute Gasteiger partial charge is 0.344 e. The second kappa shape index (κ2) is 6.20. The van der Waals surface area contributed by atoms with Gasteiger partial charge in [0.25, 0.3) is 0 Å². The summed E-state index contributed by atoms with van der Waals surface area (Å²) in [4.78, 5) is 14.3. The average molecular weight is 260 g/mol. The summed E-state index contributed by atoms with van der Waals surface area (Å²) in [6, 6.07) is 8.30. The summed E-state index contributed by atoms with van der Waals surface area (Å²) in [5.41, 5.74) is 2.62. The number of carbonyl (C=O) groups excluding carboxylic acids is 1. The number of carbonyl (C=O) groups is 1. The number of nitrogens with one attached hydrogen (secondary N) is 1. The van der Waals surface area contributed by atoms with E-state index < -0.39 is 0 Å². The predicted molar refractivity (Wildman–Crippen MR) is 77.9 cm³/mol. The molecule has 1 aromatic rings. The molecule has 0 saturated heterocycles. The highest BCUT2D eigenvalue weighted by molar-refractivity contribution is 5.82. The van der Waals surface area contributed by atoms with Crippen LogP contribution in [0.5, 0.6) is 0 Å². The number of amides is 1. The molecule has 0 saturated carbocycles. The molecule has 2 unspecified atom stereocenters. The molecular formula is C16H24N2O. The molecule has 0 fully saturated rings. The highest BCUT2D eigenvalue weighted by atomic mass is 16.2. The fourth-order valence-corrected chi connectivity index (χ4v) is 2.58. The van der Waals surface area contributed by atoms with Gasteiger partial charge in [-0.05, 0) is 23.5 Å². The molecule has 1 aliphatic heterocycles. The van der Waals surface area contributed by atoms with Gasteiger partial charge in [-0.2, -0.15) is 0 Å². The van der Waals surface area contributed by atoms with Crippen LogP contribution in [0.4, 0.5) is 0 Å². The summed E-state index contributed by atoms with van der Waals surface area (Å²) in [7, 11) is 1.91. The lowest BCUT2D eigenvalue weighted by Gasteiger charge is -2.30. The van der Waals surface area contributed by atoms with Crippen molar-refractivity contribution in [1.29, 1.82) is 0 Å². The SMILES string of the molecule is CCC(C)CN(C)C(=O)C1Cc2ccccc2CN1. The summed E-state index contributed by atoms with van der Waals surface area (Å²) in [5, 5.41) is 3.36. The Balaban J connectivity index is 1.98. The Kier molecular flexibility index (Phi) is 4.59. The number of hydrogen-bond donors (Lipinski definition) is 1. The number of nitrogens with zero attached hydrogens (tertiary/aromatic N) is 1. The van der Waals surface area contributed by atoms with Crippen LogP contribution in [-0.4, -0.2) is 30.4 Å². The normalized spacial score (nSPS) is 19.6. The molecule has 2 rings (SSSR count). The summed E-state index contributed by atoms with van der Waals surface area (Å²) in [6.07, 6.45) is 1.92. The van der Waals surface area contributed by atoms with E-state index in [2.05, 4.69) is 43.4 Å². The Morgan fingerprint density at radius 2 is 2.11 bits per heavy atom. The van der Waals surface area contributed by atoms with E-state index in [0.717, 1.165) is 25.9 Å². The highest BCUT2D eigenvalue weighted by Crippen LogP contribution is 2.17. The van der Waals surface area contributed by atoms with Crippen LogP contribution >= 0.6 is 0 Å². The van der Waals surface area contributed by atoms with Gasteiger partial charge in [0.2, 0.25) is 5.91 Å². The molecule has 1 heterocycles. The molecule has 0 aromatic heterocycles.